The van der Waals surface area contributed by atoms with E-state index in [1.165, 1.54) is 12.8 Å². The lowest BCUT2D eigenvalue weighted by atomic mass is 9.93. The molecule has 0 unspecified atom stereocenters. The molecule has 4 heterocycles. The first-order chi connectivity index (χ1) is 19.6. The van der Waals surface area contributed by atoms with Gasteiger partial charge in [0.25, 0.3) is 11.8 Å². The first-order valence-electron chi connectivity index (χ1n) is 14.0. The molecule has 0 atom stereocenters. The van der Waals surface area contributed by atoms with Gasteiger partial charge in [-0.1, -0.05) is 0 Å². The Bertz CT molecular complexity index is 1550. The van der Waals surface area contributed by atoms with Gasteiger partial charge in [-0.2, -0.15) is 5.10 Å². The number of piperidine rings is 2. The van der Waals surface area contributed by atoms with Crippen LogP contribution in [0.5, 0.6) is 0 Å². The van der Waals surface area contributed by atoms with Crippen molar-refractivity contribution in [3.8, 4) is 0 Å². The number of aliphatic hydroxyl groups excluding tert-OH is 1. The third-order valence-electron chi connectivity index (χ3n) is 8.55. The quantitative estimate of drug-likeness (QED) is 0.365. The fourth-order valence-corrected chi connectivity index (χ4v) is 6.70. The second kappa shape index (κ2) is 10.4. The number of aromatic nitrogens is 2. The molecule has 1 spiro atoms. The van der Waals surface area contributed by atoms with Gasteiger partial charge in [0, 0.05) is 50.8 Å². The molecule has 0 bridgehead atoms. The number of anilines is 4. The topological polar surface area (TPSA) is 119 Å². The summed E-state index contributed by atoms with van der Waals surface area (Å²) in [7, 11) is -3.74. The molecule has 3 fully saturated rings. The van der Waals surface area contributed by atoms with E-state index >= 15 is 0 Å². The SMILES string of the molecule is O=C(Nc1cc(N2CCC(F)(F)CC2)n2nccc2c1)c1ccc(NS(=O)(=O)CCO)cc1N1CCC2(CC1)CC2. The van der Waals surface area contributed by atoms with Gasteiger partial charge < -0.3 is 20.2 Å². The van der Waals surface area contributed by atoms with Crippen LogP contribution in [0.2, 0.25) is 0 Å². The first kappa shape index (κ1) is 27.7. The van der Waals surface area contributed by atoms with E-state index in [2.05, 4.69) is 20.0 Å². The van der Waals surface area contributed by atoms with Gasteiger partial charge >= 0.3 is 0 Å². The second-order valence-electron chi connectivity index (χ2n) is 11.4. The minimum atomic E-state index is -3.74. The molecule has 1 aromatic carbocycles. The lowest BCUT2D eigenvalue weighted by molar-refractivity contribution is -0.0222. The summed E-state index contributed by atoms with van der Waals surface area (Å²) in [5.41, 5.74) is 2.98. The van der Waals surface area contributed by atoms with Crippen molar-refractivity contribution in [1.29, 1.82) is 0 Å². The van der Waals surface area contributed by atoms with Gasteiger partial charge in [0.1, 0.15) is 5.82 Å². The van der Waals surface area contributed by atoms with E-state index in [-0.39, 0.29) is 31.8 Å². The van der Waals surface area contributed by atoms with E-state index in [0.717, 1.165) is 31.4 Å². The molecule has 6 rings (SSSR count). The van der Waals surface area contributed by atoms with Crippen LogP contribution in [-0.2, 0) is 10.0 Å². The van der Waals surface area contributed by atoms with E-state index in [9.17, 15) is 22.0 Å². The molecule has 1 saturated carbocycles. The van der Waals surface area contributed by atoms with E-state index in [0.29, 0.717) is 33.9 Å². The second-order valence-corrected chi connectivity index (χ2v) is 13.3. The van der Waals surface area contributed by atoms with Gasteiger partial charge in [-0.05, 0) is 61.4 Å². The average Bonchev–Trinajstić information content (AvgIpc) is 3.50. The van der Waals surface area contributed by atoms with Crippen molar-refractivity contribution in [2.24, 2.45) is 5.41 Å². The summed E-state index contributed by atoms with van der Waals surface area (Å²) in [6, 6.07) is 10.1. The number of pyridine rings is 1. The molecule has 2 aliphatic heterocycles. The number of nitrogens with one attached hydrogen (secondary N) is 2. The van der Waals surface area contributed by atoms with Crippen LogP contribution in [-0.4, -0.2) is 73.5 Å². The zero-order chi connectivity index (χ0) is 28.8. The molecule has 220 valence electrons. The maximum absolute atomic E-state index is 13.8. The number of sulfonamides is 1. The molecular weight excluding hydrogens is 554 g/mol. The van der Waals surface area contributed by atoms with E-state index < -0.39 is 28.3 Å². The number of aliphatic hydroxyl groups is 1. The average molecular weight is 589 g/mol. The van der Waals surface area contributed by atoms with Crippen LogP contribution in [0.25, 0.3) is 5.52 Å². The highest BCUT2D eigenvalue weighted by Crippen LogP contribution is 2.54. The maximum atomic E-state index is 13.8. The maximum Gasteiger partial charge on any atom is 0.257 e. The van der Waals surface area contributed by atoms with Crippen molar-refractivity contribution in [3.05, 3.63) is 48.2 Å². The molecule has 3 N–H and O–H groups in total. The number of nitrogens with zero attached hydrogens (tertiary/aromatic N) is 4. The van der Waals surface area contributed by atoms with E-state index in [1.54, 1.807) is 47.1 Å². The molecule has 41 heavy (non-hydrogen) atoms. The summed E-state index contributed by atoms with van der Waals surface area (Å²) in [6.07, 6.45) is 5.62. The summed E-state index contributed by atoms with van der Waals surface area (Å²) in [4.78, 5) is 17.7. The number of fused-ring (bicyclic) bond motifs is 1. The zero-order valence-corrected chi connectivity index (χ0v) is 23.5. The molecule has 3 aromatic rings. The number of rotatable bonds is 8. The Labute approximate surface area is 237 Å². The van der Waals surface area contributed by atoms with Crippen molar-refractivity contribution < 1.29 is 27.1 Å². The highest BCUT2D eigenvalue weighted by Gasteiger charge is 2.44. The lowest BCUT2D eigenvalue weighted by Gasteiger charge is -2.35. The number of hydrogen-bond acceptors (Lipinski definition) is 7. The van der Waals surface area contributed by atoms with Gasteiger partial charge in [0.15, 0.2) is 0 Å². The molecule has 13 heteroatoms. The van der Waals surface area contributed by atoms with Crippen LogP contribution < -0.4 is 19.8 Å². The largest absolute Gasteiger partial charge is 0.395 e. The van der Waals surface area contributed by atoms with Gasteiger partial charge in [-0.3, -0.25) is 9.52 Å². The van der Waals surface area contributed by atoms with Crippen molar-refractivity contribution in [2.75, 3.05) is 58.4 Å². The fraction of sp³-hybridized carbons (Fsp3) is 0.500. The van der Waals surface area contributed by atoms with E-state index in [1.807, 2.05) is 4.90 Å². The summed E-state index contributed by atoms with van der Waals surface area (Å²) in [5, 5.41) is 16.4. The third kappa shape index (κ3) is 5.96. The number of hydrogen-bond donors (Lipinski definition) is 3. The summed E-state index contributed by atoms with van der Waals surface area (Å²) < 4.78 is 56.4. The number of carbonyl (C=O) groups is 1. The van der Waals surface area contributed by atoms with Gasteiger partial charge in [-0.15, -0.1) is 0 Å². The summed E-state index contributed by atoms with van der Waals surface area (Å²) in [6.45, 7) is 1.37. The Kier molecular flexibility index (Phi) is 7.05. The predicted octanol–water partition coefficient (Wildman–Crippen LogP) is 3.94. The van der Waals surface area contributed by atoms with Crippen LogP contribution in [0.3, 0.4) is 0 Å². The molecule has 1 amide bonds. The number of carbonyl (C=O) groups excluding carboxylic acids is 1. The van der Waals surface area contributed by atoms with E-state index in [4.69, 9.17) is 5.11 Å². The summed E-state index contributed by atoms with van der Waals surface area (Å²) in [5.74, 6) is -2.85. The number of alkyl halides is 2. The zero-order valence-electron chi connectivity index (χ0n) is 22.7. The molecule has 10 nitrogen and oxygen atoms in total. The van der Waals surface area contributed by atoms with Gasteiger partial charge in [-0.25, -0.2) is 21.7 Å². The minimum Gasteiger partial charge on any atom is -0.395 e. The molecule has 3 aliphatic rings. The Morgan fingerprint density at radius 2 is 1.63 bits per heavy atom. The van der Waals surface area contributed by atoms with Crippen LogP contribution in [0.1, 0.15) is 48.9 Å². The fourth-order valence-electron chi connectivity index (χ4n) is 5.87. The summed E-state index contributed by atoms with van der Waals surface area (Å²) >= 11 is 0. The third-order valence-corrected chi connectivity index (χ3v) is 9.82. The normalized spacial score (nSPS) is 19.9. The van der Waals surface area contributed by atoms with Crippen molar-refractivity contribution in [3.63, 3.8) is 0 Å². The van der Waals surface area contributed by atoms with Gasteiger partial charge in [0.2, 0.25) is 10.0 Å². The van der Waals surface area contributed by atoms with Crippen LogP contribution in [0.15, 0.2) is 42.6 Å². The number of benzene rings is 1. The Balaban J connectivity index is 1.29. The van der Waals surface area contributed by atoms with Crippen molar-refractivity contribution in [1.82, 2.24) is 9.61 Å². The van der Waals surface area contributed by atoms with Crippen molar-refractivity contribution in [2.45, 2.75) is 44.4 Å². The highest BCUT2D eigenvalue weighted by atomic mass is 32.2. The Hall–Kier alpha value is -3.45. The Morgan fingerprint density at radius 1 is 0.927 bits per heavy atom. The molecular formula is C28H34F2N6O4S. The number of halogens is 2. The molecule has 2 aromatic heterocycles. The lowest BCUT2D eigenvalue weighted by Crippen LogP contribution is -2.40. The molecule has 0 radical (unpaired) electrons. The minimum absolute atomic E-state index is 0.174. The smallest absolute Gasteiger partial charge is 0.257 e. The van der Waals surface area contributed by atoms with Crippen molar-refractivity contribution >= 4 is 44.3 Å². The predicted molar refractivity (Wildman–Crippen MR) is 154 cm³/mol. The molecule has 2 saturated heterocycles. The Morgan fingerprint density at radius 3 is 2.32 bits per heavy atom. The first-order valence-corrected chi connectivity index (χ1v) is 15.6. The highest BCUT2D eigenvalue weighted by molar-refractivity contribution is 7.92. The standard InChI is InChI=1S/C28H34F2N6O4S/c29-28(30)8-13-35(14-9-28)25-19-21(17-22-3-10-31-36(22)25)32-26(38)23-2-1-20(33-41(39,40)16-15-37)18-24(23)34-11-6-27(4-5-27)7-12-34/h1-3,10,17-19,33,37H,4-9,11-16H2,(H,32,38). The van der Waals surface area contributed by atoms with Crippen LogP contribution >= 0.6 is 0 Å². The van der Waals surface area contributed by atoms with Crippen LogP contribution in [0.4, 0.5) is 31.7 Å². The van der Waals surface area contributed by atoms with Crippen LogP contribution in [0, 0.1) is 5.41 Å². The molecule has 1 aliphatic carbocycles. The monoisotopic (exact) mass is 588 g/mol. The number of amides is 1. The van der Waals surface area contributed by atoms with Gasteiger partial charge in [0.05, 0.1) is 41.0 Å².